The molecule has 0 aliphatic rings. The van der Waals surface area contributed by atoms with Crippen molar-refractivity contribution in [2.45, 2.75) is 25.0 Å². The molecule has 2 atom stereocenters. The molecule has 4 rings (SSSR count). The number of methoxy groups -OCH3 is 3. The van der Waals surface area contributed by atoms with E-state index in [-0.39, 0.29) is 64.7 Å². The van der Waals surface area contributed by atoms with Gasteiger partial charge in [-0.05, 0) is 82.9 Å². The molecule has 2 unspecified atom stereocenters. The Morgan fingerprint density at radius 1 is 0.653 bits per heavy atom. The molecule has 10 nitrogen and oxygen atoms in total. The predicted molar refractivity (Wildman–Crippen MR) is 186 cm³/mol. The smallest absolute Gasteiger partial charge is 0.203 e. The summed E-state index contributed by atoms with van der Waals surface area (Å²) in [4.78, 5) is 25.6. The van der Waals surface area contributed by atoms with E-state index in [9.17, 15) is 30.0 Å². The number of phenolic OH excluding ortho intramolecular Hbond substituents is 3. The van der Waals surface area contributed by atoms with Crippen molar-refractivity contribution < 1.29 is 49.0 Å². The van der Waals surface area contributed by atoms with Gasteiger partial charge in [0, 0.05) is 6.42 Å². The summed E-state index contributed by atoms with van der Waals surface area (Å²) in [5, 5.41) is 40.5. The van der Waals surface area contributed by atoms with E-state index in [0.29, 0.717) is 16.7 Å². The Morgan fingerprint density at radius 2 is 1.18 bits per heavy atom. The number of ether oxygens (including phenoxy) is 4. The standard InChI is InChI=1S/C39H38O10/c1-46-34-23-28(13-20-33(34)44)38(45)35(24-32(43)19-12-26-10-17-31(42)18-11-26)49-39-36(47-2)21-27(22-37(39)48-3)5-4-6-29(40)14-7-25-8-15-30(41)16-9-25/h4-5,7-23,35,38,41-42,44-45H,6,24H2,1-3H3/b5-4+,14-7+,19-12+. The number of carbonyl (C=O) groups is 2. The van der Waals surface area contributed by atoms with Crippen molar-refractivity contribution in [1.29, 1.82) is 0 Å². The van der Waals surface area contributed by atoms with Crippen LogP contribution in [0, 0.1) is 0 Å². The Bertz CT molecular complexity index is 1800. The average molecular weight is 667 g/mol. The van der Waals surface area contributed by atoms with Crippen LogP contribution in [0.25, 0.3) is 18.2 Å². The first-order valence-electron chi connectivity index (χ1n) is 15.2. The van der Waals surface area contributed by atoms with E-state index >= 15 is 0 Å². The lowest BCUT2D eigenvalue weighted by atomic mass is 9.99. The Hall–Kier alpha value is -6.00. The van der Waals surface area contributed by atoms with Gasteiger partial charge in [-0.15, -0.1) is 0 Å². The molecule has 49 heavy (non-hydrogen) atoms. The van der Waals surface area contributed by atoms with Gasteiger partial charge in [-0.2, -0.15) is 0 Å². The second-order valence-corrected chi connectivity index (χ2v) is 10.9. The summed E-state index contributed by atoms with van der Waals surface area (Å²) >= 11 is 0. The van der Waals surface area contributed by atoms with Crippen LogP contribution >= 0.6 is 0 Å². The van der Waals surface area contributed by atoms with Gasteiger partial charge in [0.1, 0.15) is 23.7 Å². The van der Waals surface area contributed by atoms with Crippen LogP contribution < -0.4 is 18.9 Å². The maximum Gasteiger partial charge on any atom is 0.203 e. The first-order valence-corrected chi connectivity index (χ1v) is 15.2. The molecule has 0 bridgehead atoms. The molecular formula is C39H38O10. The quantitative estimate of drug-likeness (QED) is 0.0955. The monoisotopic (exact) mass is 666 g/mol. The number of aliphatic hydroxyl groups is 1. The van der Waals surface area contributed by atoms with Gasteiger partial charge in [-0.25, -0.2) is 0 Å². The van der Waals surface area contributed by atoms with Crippen molar-refractivity contribution in [3.8, 4) is 40.2 Å². The molecular weight excluding hydrogens is 628 g/mol. The fraction of sp³-hybridized carbons (Fsp3) is 0.179. The molecule has 0 aliphatic heterocycles. The number of benzene rings is 4. The third kappa shape index (κ3) is 10.2. The van der Waals surface area contributed by atoms with Crippen molar-refractivity contribution in [3.05, 3.63) is 119 Å². The molecule has 0 saturated carbocycles. The fourth-order valence-corrected chi connectivity index (χ4v) is 4.77. The van der Waals surface area contributed by atoms with Gasteiger partial charge in [0.15, 0.2) is 34.6 Å². The lowest BCUT2D eigenvalue weighted by molar-refractivity contribution is -0.117. The fourth-order valence-electron chi connectivity index (χ4n) is 4.77. The highest BCUT2D eigenvalue weighted by molar-refractivity contribution is 5.95. The molecule has 0 aromatic heterocycles. The largest absolute Gasteiger partial charge is 0.508 e. The zero-order chi connectivity index (χ0) is 35.3. The Labute approximate surface area is 284 Å². The van der Waals surface area contributed by atoms with E-state index in [1.165, 1.54) is 63.8 Å². The van der Waals surface area contributed by atoms with Crippen molar-refractivity contribution in [2.24, 2.45) is 0 Å². The number of hydrogen-bond donors (Lipinski definition) is 4. The molecule has 0 fully saturated rings. The molecule has 0 radical (unpaired) electrons. The van der Waals surface area contributed by atoms with Crippen LogP contribution in [0.5, 0.6) is 40.2 Å². The van der Waals surface area contributed by atoms with E-state index in [0.717, 1.165) is 5.56 Å². The number of allylic oxidation sites excluding steroid dienone is 3. The summed E-state index contributed by atoms with van der Waals surface area (Å²) in [5.41, 5.74) is 2.44. The minimum atomic E-state index is -1.35. The molecule has 0 amide bonds. The van der Waals surface area contributed by atoms with Crippen LogP contribution in [-0.4, -0.2) is 59.4 Å². The molecule has 4 aromatic carbocycles. The molecule has 0 aliphatic carbocycles. The van der Waals surface area contributed by atoms with Gasteiger partial charge >= 0.3 is 0 Å². The topological polar surface area (TPSA) is 152 Å². The summed E-state index contributed by atoms with van der Waals surface area (Å²) in [6.45, 7) is 0. The minimum absolute atomic E-state index is 0.0985. The van der Waals surface area contributed by atoms with Gasteiger partial charge in [0.2, 0.25) is 5.75 Å². The van der Waals surface area contributed by atoms with Crippen LogP contribution in [0.2, 0.25) is 0 Å². The lowest BCUT2D eigenvalue weighted by Gasteiger charge is -2.26. The summed E-state index contributed by atoms with van der Waals surface area (Å²) in [5.74, 6) is 0.419. The van der Waals surface area contributed by atoms with Crippen LogP contribution in [0.4, 0.5) is 0 Å². The van der Waals surface area contributed by atoms with Gasteiger partial charge in [0.25, 0.3) is 0 Å². The Morgan fingerprint density at radius 3 is 1.71 bits per heavy atom. The molecule has 0 saturated heterocycles. The number of aromatic hydroxyl groups is 3. The maximum atomic E-state index is 13.2. The third-order valence-electron chi connectivity index (χ3n) is 7.39. The van der Waals surface area contributed by atoms with E-state index in [1.54, 1.807) is 72.8 Å². The summed E-state index contributed by atoms with van der Waals surface area (Å²) in [6.07, 6.45) is 6.88. The molecule has 4 N–H and O–H groups in total. The van der Waals surface area contributed by atoms with Crippen LogP contribution in [0.15, 0.2) is 97.1 Å². The van der Waals surface area contributed by atoms with Gasteiger partial charge in [0.05, 0.1) is 27.8 Å². The molecule has 10 heteroatoms. The predicted octanol–water partition coefficient (Wildman–Crippen LogP) is 6.67. The highest BCUT2D eigenvalue weighted by Gasteiger charge is 2.29. The second kappa shape index (κ2) is 17.2. The SMILES string of the molecule is COc1cc(C(O)C(CC(=O)/C=C/c2ccc(O)cc2)Oc2c(OC)cc(/C=C/CC(=O)/C=C/c3ccc(O)cc3)cc2OC)ccc1O. The highest BCUT2D eigenvalue weighted by Crippen LogP contribution is 2.42. The number of ketones is 2. The average Bonchev–Trinajstić information content (AvgIpc) is 3.11. The van der Waals surface area contributed by atoms with Crippen molar-refractivity contribution in [1.82, 2.24) is 0 Å². The Balaban J connectivity index is 1.57. The number of rotatable bonds is 16. The summed E-state index contributed by atoms with van der Waals surface area (Å²) in [6, 6.07) is 20.5. The molecule has 254 valence electrons. The highest BCUT2D eigenvalue weighted by atomic mass is 16.5. The van der Waals surface area contributed by atoms with Crippen LogP contribution in [-0.2, 0) is 9.59 Å². The Kier molecular flexibility index (Phi) is 12.6. The zero-order valence-electron chi connectivity index (χ0n) is 27.3. The molecule has 0 heterocycles. The van der Waals surface area contributed by atoms with E-state index in [1.807, 2.05) is 0 Å². The first-order chi connectivity index (χ1) is 23.6. The maximum absolute atomic E-state index is 13.2. The minimum Gasteiger partial charge on any atom is -0.508 e. The van der Waals surface area contributed by atoms with Gasteiger partial charge < -0.3 is 39.4 Å². The van der Waals surface area contributed by atoms with E-state index in [2.05, 4.69) is 0 Å². The number of hydrogen-bond acceptors (Lipinski definition) is 10. The number of phenols is 3. The van der Waals surface area contributed by atoms with Gasteiger partial charge in [-0.3, -0.25) is 9.59 Å². The summed E-state index contributed by atoms with van der Waals surface area (Å²) < 4.78 is 22.7. The summed E-state index contributed by atoms with van der Waals surface area (Å²) in [7, 11) is 4.26. The number of carbonyl (C=O) groups excluding carboxylic acids is 2. The molecule has 0 spiro atoms. The first kappa shape index (κ1) is 35.8. The van der Waals surface area contributed by atoms with Crippen molar-refractivity contribution in [3.63, 3.8) is 0 Å². The second-order valence-electron chi connectivity index (χ2n) is 10.9. The zero-order valence-corrected chi connectivity index (χ0v) is 27.3. The normalized spacial score (nSPS) is 12.7. The molecule has 4 aromatic rings. The van der Waals surface area contributed by atoms with Crippen molar-refractivity contribution >= 4 is 29.8 Å². The van der Waals surface area contributed by atoms with Crippen LogP contribution in [0.1, 0.15) is 41.2 Å². The van der Waals surface area contributed by atoms with Crippen LogP contribution in [0.3, 0.4) is 0 Å². The number of aliphatic hydroxyl groups excluding tert-OH is 1. The van der Waals surface area contributed by atoms with E-state index < -0.39 is 12.2 Å². The van der Waals surface area contributed by atoms with Gasteiger partial charge in [-0.1, -0.05) is 54.6 Å². The van der Waals surface area contributed by atoms with Crippen molar-refractivity contribution in [2.75, 3.05) is 21.3 Å². The third-order valence-corrected chi connectivity index (χ3v) is 7.39. The van der Waals surface area contributed by atoms with E-state index in [4.69, 9.17) is 18.9 Å². The lowest BCUT2D eigenvalue weighted by Crippen LogP contribution is -2.28.